The third-order valence-electron chi connectivity index (χ3n) is 4.38. The van der Waals surface area contributed by atoms with Gasteiger partial charge in [-0.25, -0.2) is 0 Å². The maximum absolute atomic E-state index is 6.41. The van der Waals surface area contributed by atoms with Crippen LogP contribution in [0.25, 0.3) is 0 Å². The number of alkyl halides is 1. The van der Waals surface area contributed by atoms with Crippen molar-refractivity contribution < 1.29 is 4.74 Å². The van der Waals surface area contributed by atoms with Gasteiger partial charge in [0, 0.05) is 28.3 Å². The molecule has 2 aliphatic rings. The lowest BCUT2D eigenvalue weighted by molar-refractivity contribution is -0.0354. The van der Waals surface area contributed by atoms with E-state index in [-0.39, 0.29) is 16.9 Å². The van der Waals surface area contributed by atoms with Crippen LogP contribution in [0.3, 0.4) is 0 Å². The molecule has 2 unspecified atom stereocenters. The Labute approximate surface area is 122 Å². The van der Waals surface area contributed by atoms with Gasteiger partial charge in [-0.15, -0.1) is 11.6 Å². The summed E-state index contributed by atoms with van der Waals surface area (Å²) in [5, 5.41) is 1.52. The van der Waals surface area contributed by atoms with Crippen LogP contribution in [0.5, 0.6) is 5.75 Å². The van der Waals surface area contributed by atoms with E-state index in [0.29, 0.717) is 15.8 Å². The highest BCUT2D eigenvalue weighted by Gasteiger charge is 2.57. The van der Waals surface area contributed by atoms with Crippen LogP contribution in [-0.2, 0) is 0 Å². The molecule has 2 fully saturated rings. The molecular formula is C14H15Cl3O. The minimum atomic E-state index is 0.174. The lowest BCUT2D eigenvalue weighted by Gasteiger charge is -2.51. The van der Waals surface area contributed by atoms with Crippen LogP contribution < -0.4 is 4.74 Å². The molecule has 0 bridgehead atoms. The summed E-state index contributed by atoms with van der Waals surface area (Å²) in [6, 6.07) is 5.33. The highest BCUT2D eigenvalue weighted by atomic mass is 35.5. The summed E-state index contributed by atoms with van der Waals surface area (Å²) in [6.07, 6.45) is 5.95. The van der Waals surface area contributed by atoms with E-state index in [1.54, 1.807) is 18.2 Å². The van der Waals surface area contributed by atoms with Crippen molar-refractivity contribution in [3.8, 4) is 5.75 Å². The monoisotopic (exact) mass is 304 g/mol. The summed E-state index contributed by atoms with van der Waals surface area (Å²) in [5.41, 5.74) is 0.174. The number of ether oxygens (including phenoxy) is 1. The minimum Gasteiger partial charge on any atom is -0.488 e. The Kier molecular flexibility index (Phi) is 3.42. The molecular weight excluding hydrogens is 291 g/mol. The molecule has 1 spiro atoms. The number of hydrogen-bond donors (Lipinski definition) is 0. The van der Waals surface area contributed by atoms with Crippen LogP contribution in [-0.4, -0.2) is 11.5 Å². The molecule has 0 amide bonds. The van der Waals surface area contributed by atoms with Crippen molar-refractivity contribution in [1.82, 2.24) is 0 Å². The molecule has 1 aromatic carbocycles. The van der Waals surface area contributed by atoms with E-state index >= 15 is 0 Å². The summed E-state index contributed by atoms with van der Waals surface area (Å²) in [4.78, 5) is 0. The fourth-order valence-corrected chi connectivity index (χ4v) is 4.10. The molecule has 1 aromatic rings. The van der Waals surface area contributed by atoms with Crippen molar-refractivity contribution in [2.24, 2.45) is 5.41 Å². The Balaban J connectivity index is 1.79. The van der Waals surface area contributed by atoms with Gasteiger partial charge in [0.2, 0.25) is 0 Å². The van der Waals surface area contributed by atoms with Gasteiger partial charge in [-0.2, -0.15) is 0 Å². The standard InChI is InChI=1S/C14H15Cl3O/c15-9-3-4-10(16)11(7-9)18-13-8-12(17)14(13)5-1-2-6-14/h3-4,7,12-13H,1-2,5-6,8H2. The maximum atomic E-state index is 6.41. The molecule has 2 atom stereocenters. The number of benzene rings is 1. The average Bonchev–Trinajstić information content (AvgIpc) is 2.85. The fraction of sp³-hybridized carbons (Fsp3) is 0.571. The fourth-order valence-electron chi connectivity index (χ4n) is 3.25. The lowest BCUT2D eigenvalue weighted by Crippen LogP contribution is -2.55. The van der Waals surface area contributed by atoms with Crippen LogP contribution in [0, 0.1) is 5.41 Å². The Hall–Kier alpha value is -0.110. The first kappa shape index (κ1) is 12.9. The van der Waals surface area contributed by atoms with Gasteiger partial charge < -0.3 is 4.74 Å². The van der Waals surface area contributed by atoms with Crippen molar-refractivity contribution in [2.75, 3.05) is 0 Å². The third kappa shape index (κ3) is 2.01. The first-order chi connectivity index (χ1) is 8.62. The van der Waals surface area contributed by atoms with Gasteiger partial charge in [-0.3, -0.25) is 0 Å². The number of rotatable bonds is 2. The van der Waals surface area contributed by atoms with Crippen LogP contribution in [0.4, 0.5) is 0 Å². The van der Waals surface area contributed by atoms with Crippen LogP contribution in [0.1, 0.15) is 32.1 Å². The SMILES string of the molecule is Clc1ccc(Cl)c(OC2CC(Cl)C23CCCC3)c1. The molecule has 4 heteroatoms. The Bertz CT molecular complexity index is 454. The first-order valence-corrected chi connectivity index (χ1v) is 7.57. The van der Waals surface area contributed by atoms with Crippen molar-refractivity contribution >= 4 is 34.8 Å². The Morgan fingerprint density at radius 2 is 1.89 bits per heavy atom. The van der Waals surface area contributed by atoms with Gasteiger partial charge in [0.05, 0.1) is 5.02 Å². The summed E-state index contributed by atoms with van der Waals surface area (Å²) in [7, 11) is 0. The maximum Gasteiger partial charge on any atom is 0.139 e. The second-order valence-electron chi connectivity index (χ2n) is 5.32. The predicted molar refractivity (Wildman–Crippen MR) is 76.0 cm³/mol. The normalized spacial score (nSPS) is 29.3. The van der Waals surface area contributed by atoms with E-state index in [9.17, 15) is 0 Å². The Morgan fingerprint density at radius 3 is 2.56 bits per heavy atom. The van der Waals surface area contributed by atoms with Crippen molar-refractivity contribution in [3.05, 3.63) is 28.2 Å². The molecule has 1 nitrogen and oxygen atoms in total. The van der Waals surface area contributed by atoms with Gasteiger partial charge in [-0.1, -0.05) is 36.0 Å². The molecule has 2 saturated carbocycles. The van der Waals surface area contributed by atoms with Crippen LogP contribution in [0.15, 0.2) is 18.2 Å². The smallest absolute Gasteiger partial charge is 0.139 e. The zero-order valence-electron chi connectivity index (χ0n) is 9.96. The van der Waals surface area contributed by atoms with E-state index in [1.165, 1.54) is 25.7 Å². The van der Waals surface area contributed by atoms with Gasteiger partial charge in [-0.05, 0) is 25.0 Å². The van der Waals surface area contributed by atoms with Gasteiger partial charge in [0.15, 0.2) is 0 Å². The summed E-state index contributed by atoms with van der Waals surface area (Å²) in [5.74, 6) is 0.684. The lowest BCUT2D eigenvalue weighted by atomic mass is 9.64. The molecule has 0 aliphatic heterocycles. The predicted octanol–water partition coefficient (Wildman–Crippen LogP) is 5.31. The summed E-state index contributed by atoms with van der Waals surface area (Å²) >= 11 is 18.5. The average molecular weight is 306 g/mol. The second kappa shape index (κ2) is 4.77. The topological polar surface area (TPSA) is 9.23 Å². The Morgan fingerprint density at radius 1 is 1.17 bits per heavy atom. The molecule has 0 saturated heterocycles. The minimum absolute atomic E-state index is 0.174. The second-order valence-corrected chi connectivity index (χ2v) is 6.70. The molecule has 3 rings (SSSR count). The van der Waals surface area contributed by atoms with E-state index in [4.69, 9.17) is 39.5 Å². The van der Waals surface area contributed by atoms with Crippen LogP contribution in [0.2, 0.25) is 10.0 Å². The largest absolute Gasteiger partial charge is 0.488 e. The highest BCUT2D eigenvalue weighted by Crippen LogP contribution is 2.57. The van der Waals surface area contributed by atoms with Gasteiger partial charge in [0.1, 0.15) is 11.9 Å². The van der Waals surface area contributed by atoms with E-state index in [1.807, 2.05) is 0 Å². The summed E-state index contributed by atoms with van der Waals surface area (Å²) < 4.78 is 6.07. The zero-order valence-corrected chi connectivity index (χ0v) is 12.2. The number of halogens is 3. The van der Waals surface area contributed by atoms with Crippen molar-refractivity contribution in [2.45, 2.75) is 43.6 Å². The zero-order chi connectivity index (χ0) is 12.8. The van der Waals surface area contributed by atoms with Crippen molar-refractivity contribution in [1.29, 1.82) is 0 Å². The molecule has 98 valence electrons. The molecule has 18 heavy (non-hydrogen) atoms. The van der Waals surface area contributed by atoms with Gasteiger partial charge >= 0.3 is 0 Å². The van der Waals surface area contributed by atoms with E-state index in [2.05, 4.69) is 0 Å². The van der Waals surface area contributed by atoms with Crippen molar-refractivity contribution in [3.63, 3.8) is 0 Å². The van der Waals surface area contributed by atoms with E-state index < -0.39 is 0 Å². The van der Waals surface area contributed by atoms with Gasteiger partial charge in [0.25, 0.3) is 0 Å². The molecule has 0 N–H and O–H groups in total. The highest BCUT2D eigenvalue weighted by molar-refractivity contribution is 6.34. The quantitative estimate of drug-likeness (QED) is 0.673. The molecule has 0 heterocycles. The molecule has 0 radical (unpaired) electrons. The first-order valence-electron chi connectivity index (χ1n) is 6.37. The third-order valence-corrected chi connectivity index (χ3v) is 5.54. The van der Waals surface area contributed by atoms with E-state index in [0.717, 1.165) is 6.42 Å². The molecule has 0 aromatic heterocycles. The molecule has 2 aliphatic carbocycles. The number of hydrogen-bond acceptors (Lipinski definition) is 1. The van der Waals surface area contributed by atoms with Crippen LogP contribution >= 0.6 is 34.8 Å². The summed E-state index contributed by atoms with van der Waals surface area (Å²) in [6.45, 7) is 0.